The highest BCUT2D eigenvalue weighted by Crippen LogP contribution is 2.08. The van der Waals surface area contributed by atoms with Crippen molar-refractivity contribution in [2.75, 3.05) is 6.54 Å². The van der Waals surface area contributed by atoms with Crippen LogP contribution in [-0.4, -0.2) is 12.3 Å². The minimum Gasteiger partial charge on any atom is -0.271 e. The van der Waals surface area contributed by atoms with Crippen molar-refractivity contribution < 1.29 is 0 Å². The molecule has 0 aromatic carbocycles. The summed E-state index contributed by atoms with van der Waals surface area (Å²) in [7, 11) is 0. The monoisotopic (exact) mass is 263 g/mol. The third kappa shape index (κ3) is 2.72. The SMILES string of the molecule is NNCC1=CCC(=NI)C=C1. The third-order valence-electron chi connectivity index (χ3n) is 1.48. The summed E-state index contributed by atoms with van der Waals surface area (Å²) in [5.41, 5.74) is 4.93. The topological polar surface area (TPSA) is 50.4 Å². The summed E-state index contributed by atoms with van der Waals surface area (Å²) >= 11 is 2.00. The Morgan fingerprint density at radius 1 is 1.64 bits per heavy atom. The molecule has 1 rings (SSSR count). The fraction of sp³-hybridized carbons (Fsp3) is 0.286. The molecule has 0 fully saturated rings. The molecule has 0 saturated heterocycles. The van der Waals surface area contributed by atoms with Gasteiger partial charge in [-0.1, -0.05) is 12.2 Å². The van der Waals surface area contributed by atoms with Gasteiger partial charge in [-0.2, -0.15) is 0 Å². The van der Waals surface area contributed by atoms with Crippen LogP contribution in [0.1, 0.15) is 6.42 Å². The van der Waals surface area contributed by atoms with Gasteiger partial charge >= 0.3 is 0 Å². The maximum Gasteiger partial charge on any atom is 0.0834 e. The number of rotatable bonds is 2. The third-order valence-corrected chi connectivity index (χ3v) is 2.10. The molecule has 0 unspecified atom stereocenters. The van der Waals surface area contributed by atoms with E-state index in [2.05, 4.69) is 14.7 Å². The van der Waals surface area contributed by atoms with Crippen LogP contribution in [0.2, 0.25) is 0 Å². The first-order valence-corrected chi connectivity index (χ1v) is 4.31. The Hall–Kier alpha value is -0.200. The van der Waals surface area contributed by atoms with Crippen molar-refractivity contribution in [2.45, 2.75) is 6.42 Å². The average molecular weight is 263 g/mol. The van der Waals surface area contributed by atoms with Gasteiger partial charge in [0.1, 0.15) is 0 Å². The Morgan fingerprint density at radius 2 is 2.45 bits per heavy atom. The lowest BCUT2D eigenvalue weighted by atomic mass is 10.1. The largest absolute Gasteiger partial charge is 0.271 e. The number of nitrogens with one attached hydrogen (secondary N) is 1. The maximum atomic E-state index is 5.17. The van der Waals surface area contributed by atoms with Crippen LogP contribution in [0.5, 0.6) is 0 Å². The minimum absolute atomic E-state index is 0.727. The van der Waals surface area contributed by atoms with E-state index in [0.717, 1.165) is 18.7 Å². The van der Waals surface area contributed by atoms with Gasteiger partial charge < -0.3 is 0 Å². The molecule has 0 heterocycles. The first-order valence-electron chi connectivity index (χ1n) is 3.35. The van der Waals surface area contributed by atoms with Crippen LogP contribution in [0.4, 0.5) is 0 Å². The second kappa shape index (κ2) is 4.63. The van der Waals surface area contributed by atoms with Gasteiger partial charge in [0.15, 0.2) is 0 Å². The standard InChI is InChI=1S/C7H10IN3/c8-11-7-3-1-6(2-4-7)5-10-9/h1-3,10H,4-5,9H2. The molecule has 0 spiro atoms. The van der Waals surface area contributed by atoms with E-state index in [1.807, 2.05) is 35.0 Å². The van der Waals surface area contributed by atoms with Crippen molar-refractivity contribution >= 4 is 28.6 Å². The smallest absolute Gasteiger partial charge is 0.0834 e. The Kier molecular flexibility index (Phi) is 3.74. The van der Waals surface area contributed by atoms with Gasteiger partial charge in [-0.15, -0.1) is 0 Å². The predicted molar refractivity (Wildman–Crippen MR) is 55.5 cm³/mol. The lowest BCUT2D eigenvalue weighted by Crippen LogP contribution is -2.24. The number of nitrogens with two attached hydrogens (primary N) is 1. The number of allylic oxidation sites excluding steroid dienone is 2. The van der Waals surface area contributed by atoms with E-state index in [-0.39, 0.29) is 0 Å². The Morgan fingerprint density at radius 3 is 2.91 bits per heavy atom. The highest BCUT2D eigenvalue weighted by atomic mass is 127. The van der Waals surface area contributed by atoms with Crippen molar-refractivity contribution in [3.63, 3.8) is 0 Å². The van der Waals surface area contributed by atoms with Crippen LogP contribution in [0.25, 0.3) is 0 Å². The lowest BCUT2D eigenvalue weighted by Gasteiger charge is -2.06. The highest BCUT2D eigenvalue weighted by molar-refractivity contribution is 14.1. The second-order valence-corrected chi connectivity index (χ2v) is 2.76. The van der Waals surface area contributed by atoms with Crippen LogP contribution < -0.4 is 11.3 Å². The number of nitrogens with zero attached hydrogens (tertiary/aromatic N) is 1. The zero-order valence-corrected chi connectivity index (χ0v) is 8.21. The molecule has 11 heavy (non-hydrogen) atoms. The summed E-state index contributed by atoms with van der Waals surface area (Å²) < 4.78 is 4.05. The molecule has 3 N–H and O–H groups in total. The molecule has 1 aliphatic rings. The highest BCUT2D eigenvalue weighted by Gasteiger charge is 2.00. The summed E-state index contributed by atoms with van der Waals surface area (Å²) in [5, 5.41) is 0. The lowest BCUT2D eigenvalue weighted by molar-refractivity contribution is 0.804. The number of hydrogen-bond donors (Lipinski definition) is 2. The average Bonchev–Trinajstić information content (AvgIpc) is 2.07. The van der Waals surface area contributed by atoms with Crippen molar-refractivity contribution in [3.05, 3.63) is 23.8 Å². The van der Waals surface area contributed by atoms with Crippen LogP contribution >= 0.6 is 22.9 Å². The van der Waals surface area contributed by atoms with Crippen LogP contribution in [0.15, 0.2) is 27.0 Å². The Balaban J connectivity index is 2.53. The first kappa shape index (κ1) is 8.89. The molecule has 0 saturated carbocycles. The number of hydrazine groups is 1. The van der Waals surface area contributed by atoms with Crippen LogP contribution in [0, 0.1) is 0 Å². The molecule has 0 atom stereocenters. The van der Waals surface area contributed by atoms with Crippen molar-refractivity contribution in [1.82, 2.24) is 5.43 Å². The summed E-state index contributed by atoms with van der Waals surface area (Å²) in [6.45, 7) is 0.727. The fourth-order valence-electron chi connectivity index (χ4n) is 0.887. The summed E-state index contributed by atoms with van der Waals surface area (Å²) in [5.74, 6) is 5.17. The van der Waals surface area contributed by atoms with E-state index >= 15 is 0 Å². The molecule has 0 aromatic rings. The molecule has 0 aliphatic heterocycles. The van der Waals surface area contributed by atoms with Crippen molar-refractivity contribution in [1.29, 1.82) is 0 Å². The second-order valence-electron chi connectivity index (χ2n) is 2.27. The molecule has 0 amide bonds. The maximum absolute atomic E-state index is 5.17. The minimum atomic E-state index is 0.727. The van der Waals surface area contributed by atoms with E-state index in [0.29, 0.717) is 0 Å². The summed E-state index contributed by atoms with van der Waals surface area (Å²) in [6.07, 6.45) is 7.08. The summed E-state index contributed by atoms with van der Waals surface area (Å²) in [4.78, 5) is 0. The molecular formula is C7H10IN3. The Bertz CT molecular complexity index is 218. The van der Waals surface area contributed by atoms with Crippen LogP contribution in [0.3, 0.4) is 0 Å². The number of halogens is 1. The van der Waals surface area contributed by atoms with Crippen LogP contribution in [-0.2, 0) is 0 Å². The van der Waals surface area contributed by atoms with Gasteiger partial charge in [0.25, 0.3) is 0 Å². The molecule has 60 valence electrons. The fourth-order valence-corrected chi connectivity index (χ4v) is 1.24. The van der Waals surface area contributed by atoms with Gasteiger partial charge in [0, 0.05) is 13.0 Å². The van der Waals surface area contributed by atoms with E-state index in [4.69, 9.17) is 5.84 Å². The van der Waals surface area contributed by atoms with Crippen molar-refractivity contribution in [2.24, 2.45) is 9.05 Å². The summed E-state index contributed by atoms with van der Waals surface area (Å²) in [6, 6.07) is 0. The molecular weight excluding hydrogens is 253 g/mol. The van der Waals surface area contributed by atoms with Gasteiger partial charge in [-0.25, -0.2) is 3.21 Å². The quantitative estimate of drug-likeness (QED) is 0.445. The zero-order valence-electron chi connectivity index (χ0n) is 6.05. The van der Waals surface area contributed by atoms with Gasteiger partial charge in [0.2, 0.25) is 0 Å². The molecule has 3 nitrogen and oxygen atoms in total. The normalized spacial score (nSPS) is 20.5. The van der Waals surface area contributed by atoms with E-state index in [1.165, 1.54) is 5.57 Å². The van der Waals surface area contributed by atoms with Crippen molar-refractivity contribution in [3.8, 4) is 0 Å². The van der Waals surface area contributed by atoms with E-state index in [9.17, 15) is 0 Å². The van der Waals surface area contributed by atoms with Gasteiger partial charge in [-0.05, 0) is 11.6 Å². The molecule has 0 bridgehead atoms. The number of hydrogen-bond acceptors (Lipinski definition) is 3. The van der Waals surface area contributed by atoms with E-state index < -0.39 is 0 Å². The zero-order chi connectivity index (χ0) is 8.10. The molecule has 0 radical (unpaired) electrons. The van der Waals surface area contributed by atoms with Gasteiger partial charge in [0.05, 0.1) is 28.6 Å². The first-order chi connectivity index (χ1) is 5.36. The molecule has 1 aliphatic carbocycles. The molecule has 0 aromatic heterocycles. The van der Waals surface area contributed by atoms with Gasteiger partial charge in [-0.3, -0.25) is 11.3 Å². The predicted octanol–water partition coefficient (Wildman–Crippen LogP) is 1.13. The molecule has 4 heteroatoms. The Labute approximate surface area is 79.9 Å². The van der Waals surface area contributed by atoms with E-state index in [1.54, 1.807) is 0 Å².